The van der Waals surface area contributed by atoms with Crippen LogP contribution in [0.1, 0.15) is 19.2 Å². The summed E-state index contributed by atoms with van der Waals surface area (Å²) in [6.45, 7) is 2.72. The number of nitrogens with zero attached hydrogens (tertiary/aromatic N) is 1. The molecule has 2 rings (SSSR count). The largest absolute Gasteiger partial charge is 0.342 e. The number of para-hydroxylation sites is 2. The lowest BCUT2D eigenvalue weighted by molar-refractivity contribution is 0.104. The fourth-order valence-corrected chi connectivity index (χ4v) is 1.75. The first-order valence-corrected chi connectivity index (χ1v) is 5.55. The number of fused-ring (bicyclic) bond motifs is 1. The molecule has 4 heteroatoms. The number of nitrogens with one attached hydrogen (secondary N) is 1. The zero-order valence-corrected chi connectivity index (χ0v) is 9.44. The molecule has 0 aliphatic heterocycles. The molecule has 1 aromatic carbocycles. The predicted molar refractivity (Wildman–Crippen MR) is 63.7 cm³/mol. The minimum Gasteiger partial charge on any atom is -0.342 e. The number of aromatic nitrogens is 2. The Kier molecular flexibility index (Phi) is 3.54. The van der Waals surface area contributed by atoms with Gasteiger partial charge in [-0.3, -0.25) is 0 Å². The number of imidazole rings is 1. The molecule has 0 fully saturated rings. The van der Waals surface area contributed by atoms with Crippen molar-refractivity contribution < 1.29 is 4.84 Å². The minimum atomic E-state index is 0.457. The standard InChI is InChI=1S/C12H17N3O/c1-9(8-16-13)6-7-12-14-10-4-2-3-5-11(10)15-12/h2-5,9H,6-8,13H2,1H3,(H,14,15). The number of nitrogens with two attached hydrogens (primary N) is 1. The molecule has 16 heavy (non-hydrogen) atoms. The molecule has 1 heterocycles. The van der Waals surface area contributed by atoms with Crippen LogP contribution in [0.3, 0.4) is 0 Å². The highest BCUT2D eigenvalue weighted by Crippen LogP contribution is 2.13. The molecular formula is C12H17N3O. The number of rotatable bonds is 5. The van der Waals surface area contributed by atoms with Gasteiger partial charge in [-0.25, -0.2) is 10.9 Å². The summed E-state index contributed by atoms with van der Waals surface area (Å²) in [5, 5.41) is 0. The summed E-state index contributed by atoms with van der Waals surface area (Å²) in [4.78, 5) is 12.4. The van der Waals surface area contributed by atoms with Crippen molar-refractivity contribution >= 4 is 11.0 Å². The summed E-state index contributed by atoms with van der Waals surface area (Å²) >= 11 is 0. The molecule has 0 aliphatic carbocycles. The van der Waals surface area contributed by atoms with E-state index in [1.54, 1.807) is 0 Å². The van der Waals surface area contributed by atoms with Crippen LogP contribution >= 0.6 is 0 Å². The minimum absolute atomic E-state index is 0.457. The molecule has 3 N–H and O–H groups in total. The van der Waals surface area contributed by atoms with Crippen molar-refractivity contribution in [2.75, 3.05) is 6.61 Å². The lowest BCUT2D eigenvalue weighted by atomic mass is 10.1. The van der Waals surface area contributed by atoms with Crippen molar-refractivity contribution in [3.05, 3.63) is 30.1 Å². The first kappa shape index (κ1) is 11.1. The molecule has 0 bridgehead atoms. The molecule has 0 spiro atoms. The Balaban J connectivity index is 1.99. The van der Waals surface area contributed by atoms with E-state index in [1.807, 2.05) is 24.3 Å². The second-order valence-electron chi connectivity index (χ2n) is 4.18. The summed E-state index contributed by atoms with van der Waals surface area (Å²) in [7, 11) is 0. The van der Waals surface area contributed by atoms with Crippen LogP contribution in [0.2, 0.25) is 0 Å². The van der Waals surface area contributed by atoms with Crippen LogP contribution in [0, 0.1) is 5.92 Å². The average Bonchev–Trinajstić information content (AvgIpc) is 2.69. The van der Waals surface area contributed by atoms with E-state index in [4.69, 9.17) is 5.90 Å². The first-order valence-electron chi connectivity index (χ1n) is 5.55. The molecule has 0 aliphatic rings. The lowest BCUT2D eigenvalue weighted by Gasteiger charge is -2.07. The Hall–Kier alpha value is -1.39. The van der Waals surface area contributed by atoms with Crippen LogP contribution in [-0.4, -0.2) is 16.6 Å². The Labute approximate surface area is 94.8 Å². The number of hydrogen-bond acceptors (Lipinski definition) is 3. The average molecular weight is 219 g/mol. The van der Waals surface area contributed by atoms with E-state index < -0.39 is 0 Å². The SMILES string of the molecule is CC(CCc1nc2ccccc2[nH]1)CON. The molecule has 1 atom stereocenters. The molecule has 1 aromatic heterocycles. The summed E-state index contributed by atoms with van der Waals surface area (Å²) in [5.41, 5.74) is 2.13. The van der Waals surface area contributed by atoms with Crippen molar-refractivity contribution in [3.8, 4) is 0 Å². The Bertz CT molecular complexity index is 419. The van der Waals surface area contributed by atoms with Crippen LogP contribution in [0.5, 0.6) is 0 Å². The monoisotopic (exact) mass is 219 g/mol. The van der Waals surface area contributed by atoms with E-state index in [0.29, 0.717) is 12.5 Å². The maximum atomic E-state index is 5.04. The van der Waals surface area contributed by atoms with Gasteiger partial charge < -0.3 is 9.82 Å². The zero-order chi connectivity index (χ0) is 11.4. The molecule has 2 aromatic rings. The maximum absolute atomic E-state index is 5.04. The molecule has 0 amide bonds. The number of hydrogen-bond donors (Lipinski definition) is 2. The Morgan fingerprint density at radius 2 is 2.25 bits per heavy atom. The quantitative estimate of drug-likeness (QED) is 0.756. The zero-order valence-electron chi connectivity index (χ0n) is 9.44. The second kappa shape index (κ2) is 5.09. The van der Waals surface area contributed by atoms with Crippen LogP contribution in [0.4, 0.5) is 0 Å². The molecular weight excluding hydrogens is 202 g/mol. The van der Waals surface area contributed by atoms with Gasteiger partial charge in [-0.15, -0.1) is 0 Å². The van der Waals surface area contributed by atoms with Crippen LogP contribution in [0.25, 0.3) is 11.0 Å². The molecule has 0 saturated carbocycles. The van der Waals surface area contributed by atoms with Crippen molar-refractivity contribution in [2.24, 2.45) is 11.8 Å². The third-order valence-corrected chi connectivity index (χ3v) is 2.69. The van der Waals surface area contributed by atoms with Gasteiger partial charge in [-0.2, -0.15) is 0 Å². The highest BCUT2D eigenvalue weighted by atomic mass is 16.6. The Morgan fingerprint density at radius 1 is 1.44 bits per heavy atom. The van der Waals surface area contributed by atoms with Gasteiger partial charge in [-0.1, -0.05) is 19.1 Å². The maximum Gasteiger partial charge on any atom is 0.107 e. The van der Waals surface area contributed by atoms with Gasteiger partial charge in [0.1, 0.15) is 5.82 Å². The lowest BCUT2D eigenvalue weighted by Crippen LogP contribution is -2.10. The summed E-state index contributed by atoms with van der Waals surface area (Å²) in [6.07, 6.45) is 1.95. The van der Waals surface area contributed by atoms with Crippen molar-refractivity contribution in [1.82, 2.24) is 9.97 Å². The van der Waals surface area contributed by atoms with Crippen LogP contribution in [0.15, 0.2) is 24.3 Å². The molecule has 1 unspecified atom stereocenters. The van der Waals surface area contributed by atoms with Gasteiger partial charge >= 0.3 is 0 Å². The van der Waals surface area contributed by atoms with Gasteiger partial charge in [0.2, 0.25) is 0 Å². The summed E-state index contributed by atoms with van der Waals surface area (Å²) < 4.78 is 0. The molecule has 86 valence electrons. The van der Waals surface area contributed by atoms with Crippen LogP contribution in [-0.2, 0) is 11.3 Å². The summed E-state index contributed by atoms with van der Waals surface area (Å²) in [5.74, 6) is 6.53. The van der Waals surface area contributed by atoms with Gasteiger partial charge in [0.25, 0.3) is 0 Å². The van der Waals surface area contributed by atoms with E-state index >= 15 is 0 Å². The van der Waals surface area contributed by atoms with Crippen molar-refractivity contribution in [1.29, 1.82) is 0 Å². The van der Waals surface area contributed by atoms with E-state index in [0.717, 1.165) is 29.7 Å². The fraction of sp³-hybridized carbons (Fsp3) is 0.417. The third kappa shape index (κ3) is 2.59. The van der Waals surface area contributed by atoms with E-state index in [-0.39, 0.29) is 0 Å². The second-order valence-corrected chi connectivity index (χ2v) is 4.18. The van der Waals surface area contributed by atoms with Crippen molar-refractivity contribution in [3.63, 3.8) is 0 Å². The van der Waals surface area contributed by atoms with E-state index in [1.165, 1.54) is 0 Å². The van der Waals surface area contributed by atoms with Gasteiger partial charge in [-0.05, 0) is 24.5 Å². The van der Waals surface area contributed by atoms with E-state index in [2.05, 4.69) is 21.7 Å². The highest BCUT2D eigenvalue weighted by molar-refractivity contribution is 5.74. The Morgan fingerprint density at radius 3 is 3.00 bits per heavy atom. The number of benzene rings is 1. The van der Waals surface area contributed by atoms with Gasteiger partial charge in [0.05, 0.1) is 17.6 Å². The third-order valence-electron chi connectivity index (χ3n) is 2.69. The number of aryl methyl sites for hydroxylation is 1. The summed E-state index contributed by atoms with van der Waals surface area (Å²) in [6, 6.07) is 8.06. The van der Waals surface area contributed by atoms with Crippen molar-refractivity contribution in [2.45, 2.75) is 19.8 Å². The first-order chi connectivity index (χ1) is 7.79. The molecule has 0 radical (unpaired) electrons. The van der Waals surface area contributed by atoms with E-state index in [9.17, 15) is 0 Å². The van der Waals surface area contributed by atoms with Crippen LogP contribution < -0.4 is 5.90 Å². The number of H-pyrrole nitrogens is 1. The number of aromatic amines is 1. The fourth-order valence-electron chi connectivity index (χ4n) is 1.75. The predicted octanol–water partition coefficient (Wildman–Crippen LogP) is 2.02. The molecule has 4 nitrogen and oxygen atoms in total. The normalized spacial score (nSPS) is 13.1. The van der Waals surface area contributed by atoms with Gasteiger partial charge in [0, 0.05) is 6.42 Å². The smallest absolute Gasteiger partial charge is 0.107 e. The highest BCUT2D eigenvalue weighted by Gasteiger charge is 2.05. The molecule has 0 saturated heterocycles. The van der Waals surface area contributed by atoms with Gasteiger partial charge in [0.15, 0.2) is 0 Å². The topological polar surface area (TPSA) is 63.9 Å².